The van der Waals surface area contributed by atoms with Crippen LogP contribution in [-0.4, -0.2) is 43.0 Å². The van der Waals surface area contributed by atoms with Crippen LogP contribution in [0.25, 0.3) is 5.69 Å². The molecule has 0 saturated carbocycles. The van der Waals surface area contributed by atoms with Crippen LogP contribution in [0.5, 0.6) is 0 Å². The minimum atomic E-state index is 0. The maximum absolute atomic E-state index is 5.89. The number of benzene rings is 1. The molecule has 0 radical (unpaired) electrons. The predicted molar refractivity (Wildman–Crippen MR) is 104 cm³/mol. The van der Waals surface area contributed by atoms with Crippen molar-refractivity contribution >= 4 is 41.5 Å². The Labute approximate surface area is 158 Å². The molecule has 0 fully saturated rings. The molecule has 0 spiro atoms. The average molecular weight is 450 g/mol. The number of methoxy groups -OCH3 is 1. The van der Waals surface area contributed by atoms with Gasteiger partial charge in [0.2, 0.25) is 0 Å². The van der Waals surface area contributed by atoms with Crippen LogP contribution in [-0.2, 0) is 11.3 Å². The molecule has 0 aliphatic heterocycles. The molecule has 2 N–H and O–H groups in total. The third-order valence-electron chi connectivity index (χ3n) is 3.01. The Balaban J connectivity index is 0.00000264. The number of nitrogens with zero attached hydrogens (tertiary/aromatic N) is 3. The summed E-state index contributed by atoms with van der Waals surface area (Å²) < 4.78 is 6.81. The van der Waals surface area contributed by atoms with Crippen molar-refractivity contribution in [1.29, 1.82) is 0 Å². The molecule has 0 unspecified atom stereocenters. The average Bonchev–Trinajstić information content (AvgIpc) is 3.00. The fourth-order valence-electron chi connectivity index (χ4n) is 1.86. The molecule has 1 aromatic heterocycles. The third kappa shape index (κ3) is 6.36. The number of hydrogen-bond acceptors (Lipinski definition) is 3. The van der Waals surface area contributed by atoms with E-state index in [1.165, 1.54) is 0 Å². The lowest BCUT2D eigenvalue weighted by Gasteiger charge is -2.10. The number of nitrogens with one attached hydrogen (secondary N) is 2. The van der Waals surface area contributed by atoms with Gasteiger partial charge in [0, 0.05) is 44.0 Å². The molecule has 6 nitrogen and oxygen atoms in total. The summed E-state index contributed by atoms with van der Waals surface area (Å²) in [6.45, 7) is 1.98. The van der Waals surface area contributed by atoms with Crippen LogP contribution >= 0.6 is 35.6 Å². The molecule has 2 rings (SSSR count). The Kier molecular flexibility index (Phi) is 8.97. The maximum Gasteiger partial charge on any atom is 0.191 e. The predicted octanol–water partition coefficient (Wildman–Crippen LogP) is 2.46. The highest BCUT2D eigenvalue weighted by Gasteiger charge is 2.02. The second kappa shape index (κ2) is 10.5. The van der Waals surface area contributed by atoms with Crippen LogP contribution in [0.3, 0.4) is 0 Å². The van der Waals surface area contributed by atoms with Crippen molar-refractivity contribution < 1.29 is 4.74 Å². The van der Waals surface area contributed by atoms with Gasteiger partial charge in [-0.05, 0) is 24.3 Å². The van der Waals surface area contributed by atoms with Gasteiger partial charge in [-0.15, -0.1) is 24.0 Å². The van der Waals surface area contributed by atoms with E-state index in [-0.39, 0.29) is 24.0 Å². The molecule has 23 heavy (non-hydrogen) atoms. The summed E-state index contributed by atoms with van der Waals surface area (Å²) >= 11 is 5.89. The van der Waals surface area contributed by atoms with E-state index in [2.05, 4.69) is 20.7 Å². The van der Waals surface area contributed by atoms with E-state index in [4.69, 9.17) is 16.3 Å². The Morgan fingerprint density at radius 1 is 1.30 bits per heavy atom. The second-order valence-corrected chi connectivity index (χ2v) is 5.05. The fourth-order valence-corrected chi connectivity index (χ4v) is 1.99. The van der Waals surface area contributed by atoms with Crippen LogP contribution in [0.4, 0.5) is 0 Å². The van der Waals surface area contributed by atoms with Gasteiger partial charge >= 0.3 is 0 Å². The van der Waals surface area contributed by atoms with E-state index >= 15 is 0 Å². The zero-order chi connectivity index (χ0) is 15.8. The molecule has 0 amide bonds. The van der Waals surface area contributed by atoms with E-state index in [1.54, 1.807) is 14.2 Å². The lowest BCUT2D eigenvalue weighted by atomic mass is 10.3. The second-order valence-electron chi connectivity index (χ2n) is 4.61. The Morgan fingerprint density at radius 2 is 2.04 bits per heavy atom. The van der Waals surface area contributed by atoms with Gasteiger partial charge in [0.15, 0.2) is 5.96 Å². The smallest absolute Gasteiger partial charge is 0.191 e. The van der Waals surface area contributed by atoms with E-state index < -0.39 is 0 Å². The summed E-state index contributed by atoms with van der Waals surface area (Å²) in [4.78, 5) is 4.15. The topological polar surface area (TPSA) is 63.5 Å². The van der Waals surface area contributed by atoms with Crippen LogP contribution in [0.15, 0.2) is 41.7 Å². The zero-order valence-electron chi connectivity index (χ0n) is 13.1. The lowest BCUT2D eigenvalue weighted by Crippen LogP contribution is -2.38. The highest BCUT2D eigenvalue weighted by atomic mass is 127. The van der Waals surface area contributed by atoms with Gasteiger partial charge < -0.3 is 15.4 Å². The van der Waals surface area contributed by atoms with E-state index in [0.717, 1.165) is 17.2 Å². The van der Waals surface area contributed by atoms with Crippen molar-refractivity contribution in [2.75, 3.05) is 27.3 Å². The molecule has 1 heterocycles. The Bertz CT molecular complexity index is 615. The Hall–Kier alpha value is -1.32. The summed E-state index contributed by atoms with van der Waals surface area (Å²) in [5.74, 6) is 0.733. The molecular formula is C15H21ClIN5O. The quantitative estimate of drug-likeness (QED) is 0.308. The fraction of sp³-hybridized carbons (Fsp3) is 0.333. The van der Waals surface area contributed by atoms with E-state index in [9.17, 15) is 0 Å². The molecule has 2 aromatic rings. The number of guanidine groups is 1. The number of halogens is 2. The zero-order valence-corrected chi connectivity index (χ0v) is 16.2. The summed E-state index contributed by atoms with van der Waals surface area (Å²) in [5.41, 5.74) is 2.03. The number of aliphatic imine (C=N–C) groups is 1. The van der Waals surface area contributed by atoms with Crippen molar-refractivity contribution in [3.8, 4) is 5.69 Å². The maximum atomic E-state index is 5.89. The van der Waals surface area contributed by atoms with Gasteiger partial charge in [-0.25, -0.2) is 4.68 Å². The van der Waals surface area contributed by atoms with Crippen molar-refractivity contribution in [3.05, 3.63) is 47.2 Å². The molecule has 1 aromatic carbocycles. The minimum absolute atomic E-state index is 0. The van der Waals surface area contributed by atoms with Gasteiger partial charge in [-0.2, -0.15) is 5.10 Å². The lowest BCUT2D eigenvalue weighted by molar-refractivity contribution is 0.203. The summed E-state index contributed by atoms with van der Waals surface area (Å²) in [5, 5.41) is 11.4. The van der Waals surface area contributed by atoms with Gasteiger partial charge in [0.1, 0.15) is 0 Å². The van der Waals surface area contributed by atoms with Crippen LogP contribution in [0.2, 0.25) is 5.02 Å². The van der Waals surface area contributed by atoms with Crippen LogP contribution in [0, 0.1) is 0 Å². The summed E-state index contributed by atoms with van der Waals surface area (Å²) in [6, 6.07) is 7.55. The first kappa shape index (κ1) is 19.7. The number of ether oxygens (including phenoxy) is 1. The number of aromatic nitrogens is 2. The summed E-state index contributed by atoms with van der Waals surface area (Å²) in [6.07, 6.45) is 3.79. The van der Waals surface area contributed by atoms with Crippen molar-refractivity contribution in [2.45, 2.75) is 6.54 Å². The first-order valence-electron chi connectivity index (χ1n) is 6.96. The molecule has 0 bridgehead atoms. The molecule has 126 valence electrons. The molecule has 0 aliphatic rings. The van der Waals surface area contributed by atoms with Crippen molar-refractivity contribution in [1.82, 2.24) is 20.4 Å². The summed E-state index contributed by atoms with van der Waals surface area (Å²) in [7, 11) is 3.41. The van der Waals surface area contributed by atoms with Gasteiger partial charge in [-0.1, -0.05) is 11.6 Å². The van der Waals surface area contributed by atoms with Crippen LogP contribution in [0.1, 0.15) is 5.56 Å². The van der Waals surface area contributed by atoms with Crippen LogP contribution < -0.4 is 10.6 Å². The highest BCUT2D eigenvalue weighted by molar-refractivity contribution is 14.0. The van der Waals surface area contributed by atoms with Gasteiger partial charge in [0.05, 0.1) is 18.5 Å². The molecule has 0 aliphatic carbocycles. The van der Waals surface area contributed by atoms with Gasteiger partial charge in [0.25, 0.3) is 0 Å². The number of rotatable bonds is 6. The number of hydrogen-bond donors (Lipinski definition) is 2. The molecule has 8 heteroatoms. The minimum Gasteiger partial charge on any atom is -0.383 e. The Morgan fingerprint density at radius 3 is 2.70 bits per heavy atom. The van der Waals surface area contributed by atoms with Crippen molar-refractivity contribution in [3.63, 3.8) is 0 Å². The largest absolute Gasteiger partial charge is 0.383 e. The monoisotopic (exact) mass is 449 g/mol. The molecule has 0 saturated heterocycles. The van der Waals surface area contributed by atoms with Gasteiger partial charge in [-0.3, -0.25) is 4.99 Å². The highest BCUT2D eigenvalue weighted by Crippen LogP contribution is 2.13. The SMILES string of the molecule is CN=C(NCCOC)NCc1cnn(-c2ccc(Cl)cc2)c1.I. The first-order chi connectivity index (χ1) is 10.7. The third-order valence-corrected chi connectivity index (χ3v) is 3.26. The van der Waals surface area contributed by atoms with E-state index in [0.29, 0.717) is 24.7 Å². The molecule has 0 atom stereocenters. The first-order valence-corrected chi connectivity index (χ1v) is 7.33. The molecular weight excluding hydrogens is 429 g/mol. The standard InChI is InChI=1S/C15H20ClN5O.HI/c1-17-15(18-7-8-22-2)19-9-12-10-20-21(11-12)14-5-3-13(16)4-6-14;/h3-6,10-11H,7-9H2,1-2H3,(H2,17,18,19);1H. The normalized spacial score (nSPS) is 11.0. The van der Waals surface area contributed by atoms with Crippen molar-refractivity contribution in [2.24, 2.45) is 4.99 Å². The van der Waals surface area contributed by atoms with E-state index in [1.807, 2.05) is 41.3 Å².